The fourth-order valence-electron chi connectivity index (χ4n) is 1.79. The average Bonchev–Trinajstić information content (AvgIpc) is 2.29. The molecule has 0 aromatic heterocycles. The minimum atomic E-state index is -0.325. The molecule has 0 aliphatic carbocycles. The van der Waals surface area contributed by atoms with Gasteiger partial charge in [-0.05, 0) is 18.6 Å². The molecule has 4 heteroatoms. The van der Waals surface area contributed by atoms with Gasteiger partial charge in [-0.2, -0.15) is 0 Å². The molecule has 1 heterocycles. The lowest BCUT2D eigenvalue weighted by atomic mass is 10.1. The van der Waals surface area contributed by atoms with Gasteiger partial charge >= 0.3 is 6.03 Å². The van der Waals surface area contributed by atoms with E-state index in [1.54, 1.807) is 12.1 Å². The summed E-state index contributed by atoms with van der Waals surface area (Å²) in [6.07, 6.45) is 1.15. The van der Waals surface area contributed by atoms with Crippen LogP contribution in [-0.2, 0) is 4.79 Å². The molecular weight excluding hydrogens is 204 g/mol. The Morgan fingerprint density at radius 1 is 1.31 bits per heavy atom. The maximum Gasteiger partial charge on any atom is 0.328 e. The fraction of sp³-hybridized carbons (Fsp3) is 0.333. The summed E-state index contributed by atoms with van der Waals surface area (Å²) >= 11 is 0. The number of rotatable bonds is 2. The molecule has 0 saturated carbocycles. The molecule has 1 atom stereocenters. The van der Waals surface area contributed by atoms with E-state index in [9.17, 15) is 9.59 Å². The van der Waals surface area contributed by atoms with Crippen LogP contribution in [0.1, 0.15) is 19.8 Å². The second-order valence-corrected chi connectivity index (χ2v) is 3.82. The van der Waals surface area contributed by atoms with Crippen LogP contribution in [0.5, 0.6) is 0 Å². The maximum absolute atomic E-state index is 11.8. The van der Waals surface area contributed by atoms with E-state index in [0.717, 1.165) is 6.42 Å². The molecule has 1 aromatic rings. The molecule has 0 radical (unpaired) electrons. The van der Waals surface area contributed by atoms with Gasteiger partial charge in [-0.15, -0.1) is 0 Å². The molecule has 1 saturated heterocycles. The average molecular weight is 218 g/mol. The van der Waals surface area contributed by atoms with Gasteiger partial charge in [0.05, 0.1) is 5.69 Å². The van der Waals surface area contributed by atoms with Crippen molar-refractivity contribution in [2.75, 3.05) is 4.90 Å². The molecule has 1 aliphatic rings. The second-order valence-electron chi connectivity index (χ2n) is 3.82. The van der Waals surface area contributed by atoms with E-state index in [2.05, 4.69) is 5.32 Å². The molecule has 2 rings (SSSR count). The molecule has 0 bridgehead atoms. The summed E-state index contributed by atoms with van der Waals surface area (Å²) in [5.41, 5.74) is 0.625. The van der Waals surface area contributed by atoms with Gasteiger partial charge in [0.25, 0.3) is 0 Å². The highest BCUT2D eigenvalue weighted by Crippen LogP contribution is 2.19. The highest BCUT2D eigenvalue weighted by molar-refractivity contribution is 6.16. The summed E-state index contributed by atoms with van der Waals surface area (Å²) in [6.45, 7) is 1.95. The van der Waals surface area contributed by atoms with Crippen molar-refractivity contribution in [1.82, 2.24) is 5.32 Å². The zero-order valence-corrected chi connectivity index (χ0v) is 9.14. The SMILES string of the molecule is CCC1CC(=O)N(c2ccccc2)C(=O)N1. The number of urea groups is 1. The van der Waals surface area contributed by atoms with Crippen molar-refractivity contribution in [2.45, 2.75) is 25.8 Å². The van der Waals surface area contributed by atoms with Crippen LogP contribution in [0.3, 0.4) is 0 Å². The third-order valence-corrected chi connectivity index (χ3v) is 2.71. The number of nitrogens with one attached hydrogen (secondary N) is 1. The molecule has 16 heavy (non-hydrogen) atoms. The van der Waals surface area contributed by atoms with E-state index < -0.39 is 0 Å². The Labute approximate surface area is 94.2 Å². The first-order valence-corrected chi connectivity index (χ1v) is 5.41. The van der Waals surface area contributed by atoms with Gasteiger partial charge < -0.3 is 5.32 Å². The molecular formula is C12H14N2O2. The summed E-state index contributed by atoms with van der Waals surface area (Å²) < 4.78 is 0. The minimum Gasteiger partial charge on any atom is -0.334 e. The third kappa shape index (κ3) is 1.91. The van der Waals surface area contributed by atoms with Crippen molar-refractivity contribution < 1.29 is 9.59 Å². The zero-order chi connectivity index (χ0) is 11.5. The normalized spacial score (nSPS) is 20.8. The predicted octanol–water partition coefficient (Wildman–Crippen LogP) is 1.91. The fourth-order valence-corrected chi connectivity index (χ4v) is 1.79. The van der Waals surface area contributed by atoms with Crippen molar-refractivity contribution in [3.8, 4) is 0 Å². The minimum absolute atomic E-state index is 0.0278. The van der Waals surface area contributed by atoms with Gasteiger partial charge in [0.15, 0.2) is 0 Å². The van der Waals surface area contributed by atoms with Crippen molar-refractivity contribution in [1.29, 1.82) is 0 Å². The molecule has 4 nitrogen and oxygen atoms in total. The van der Waals surface area contributed by atoms with Crippen LogP contribution in [0.4, 0.5) is 10.5 Å². The first-order valence-electron chi connectivity index (χ1n) is 5.41. The lowest BCUT2D eigenvalue weighted by Crippen LogP contribution is -2.54. The first kappa shape index (κ1) is 10.7. The number of carbonyl (C=O) groups is 2. The van der Waals surface area contributed by atoms with E-state index >= 15 is 0 Å². The predicted molar refractivity (Wildman–Crippen MR) is 61.2 cm³/mol. The highest BCUT2D eigenvalue weighted by atomic mass is 16.2. The Bertz CT molecular complexity index is 385. The van der Waals surface area contributed by atoms with Crippen molar-refractivity contribution in [3.05, 3.63) is 30.3 Å². The largest absolute Gasteiger partial charge is 0.334 e. The lowest BCUT2D eigenvalue weighted by Gasteiger charge is -2.30. The Balaban J connectivity index is 2.23. The quantitative estimate of drug-likeness (QED) is 0.824. The van der Waals surface area contributed by atoms with Crippen LogP contribution in [-0.4, -0.2) is 18.0 Å². The molecule has 1 unspecified atom stereocenters. The van der Waals surface area contributed by atoms with Gasteiger partial charge in [0.1, 0.15) is 0 Å². The van der Waals surface area contributed by atoms with Crippen molar-refractivity contribution in [3.63, 3.8) is 0 Å². The Morgan fingerprint density at radius 2 is 2.00 bits per heavy atom. The molecule has 1 aromatic carbocycles. The van der Waals surface area contributed by atoms with Crippen LogP contribution in [0.25, 0.3) is 0 Å². The smallest absolute Gasteiger partial charge is 0.328 e. The standard InChI is InChI=1S/C12H14N2O2/c1-2-9-8-11(15)14(12(16)13-9)10-6-4-3-5-7-10/h3-7,9H,2,8H2,1H3,(H,13,16). The Hall–Kier alpha value is -1.84. The van der Waals surface area contributed by atoms with E-state index in [-0.39, 0.29) is 18.0 Å². The van der Waals surface area contributed by atoms with Gasteiger partial charge in [-0.3, -0.25) is 4.79 Å². The molecule has 1 fully saturated rings. The number of hydrogen-bond donors (Lipinski definition) is 1. The number of benzene rings is 1. The van der Waals surface area contributed by atoms with Crippen LogP contribution in [0.2, 0.25) is 0 Å². The van der Waals surface area contributed by atoms with Crippen molar-refractivity contribution in [2.24, 2.45) is 0 Å². The maximum atomic E-state index is 11.8. The summed E-state index contributed by atoms with van der Waals surface area (Å²) in [7, 11) is 0. The number of para-hydroxylation sites is 1. The summed E-state index contributed by atoms with van der Waals surface area (Å²) in [5, 5.41) is 2.81. The van der Waals surface area contributed by atoms with E-state index in [1.165, 1.54) is 4.90 Å². The topological polar surface area (TPSA) is 49.4 Å². The van der Waals surface area contributed by atoms with Gasteiger partial charge in [0, 0.05) is 12.5 Å². The van der Waals surface area contributed by atoms with E-state index in [1.807, 2.05) is 25.1 Å². The number of amides is 3. The third-order valence-electron chi connectivity index (χ3n) is 2.71. The number of carbonyl (C=O) groups excluding carboxylic acids is 2. The van der Waals surface area contributed by atoms with Crippen LogP contribution in [0.15, 0.2) is 30.3 Å². The van der Waals surface area contributed by atoms with Gasteiger partial charge in [-0.1, -0.05) is 25.1 Å². The molecule has 0 spiro atoms. The second kappa shape index (κ2) is 4.35. The zero-order valence-electron chi connectivity index (χ0n) is 9.14. The highest BCUT2D eigenvalue weighted by Gasteiger charge is 2.31. The Morgan fingerprint density at radius 3 is 2.56 bits per heavy atom. The number of nitrogens with zero attached hydrogens (tertiary/aromatic N) is 1. The van der Waals surface area contributed by atoms with Crippen LogP contribution in [0, 0.1) is 0 Å². The van der Waals surface area contributed by atoms with E-state index in [0.29, 0.717) is 12.1 Å². The monoisotopic (exact) mass is 218 g/mol. The van der Waals surface area contributed by atoms with Gasteiger partial charge in [-0.25, -0.2) is 9.69 Å². The van der Waals surface area contributed by atoms with Crippen molar-refractivity contribution >= 4 is 17.6 Å². The van der Waals surface area contributed by atoms with Gasteiger partial charge in [0.2, 0.25) is 5.91 Å². The number of imide groups is 1. The summed E-state index contributed by atoms with van der Waals surface area (Å²) in [6, 6.07) is 8.62. The van der Waals surface area contributed by atoms with Crippen LogP contribution >= 0.6 is 0 Å². The Kier molecular flexibility index (Phi) is 2.90. The first-order chi connectivity index (χ1) is 7.72. The molecule has 3 amide bonds. The number of hydrogen-bond acceptors (Lipinski definition) is 2. The van der Waals surface area contributed by atoms with E-state index in [4.69, 9.17) is 0 Å². The summed E-state index contributed by atoms with van der Waals surface area (Å²) in [5.74, 6) is -0.137. The lowest BCUT2D eigenvalue weighted by molar-refractivity contribution is -0.119. The molecule has 1 aliphatic heterocycles. The van der Waals surface area contributed by atoms with Crippen LogP contribution < -0.4 is 10.2 Å². The molecule has 1 N–H and O–H groups in total. The summed E-state index contributed by atoms with van der Waals surface area (Å²) in [4.78, 5) is 24.8. The number of anilines is 1. The molecule has 84 valence electrons.